The first-order valence-corrected chi connectivity index (χ1v) is 8.05. The predicted octanol–water partition coefficient (Wildman–Crippen LogP) is 2.01. The molecule has 1 aromatic rings. The Morgan fingerprint density at radius 2 is 2.10 bits per heavy atom. The number of carbonyl (C=O) groups is 1. The van der Waals surface area contributed by atoms with E-state index in [0.29, 0.717) is 16.8 Å². The summed E-state index contributed by atoms with van der Waals surface area (Å²) in [6.45, 7) is 2.12. The van der Waals surface area contributed by atoms with Crippen molar-refractivity contribution in [1.29, 1.82) is 5.26 Å². The molecule has 1 saturated heterocycles. The highest BCUT2D eigenvalue weighted by atomic mass is 32.2. The number of rotatable bonds is 6. The largest absolute Gasteiger partial charge is 0.479 e. The Kier molecular flexibility index (Phi) is 6.38. The minimum atomic E-state index is 0.0178. The third-order valence-electron chi connectivity index (χ3n) is 3.18. The fourth-order valence-electron chi connectivity index (χ4n) is 2.10. The van der Waals surface area contributed by atoms with E-state index < -0.39 is 0 Å². The minimum absolute atomic E-state index is 0.0178. The average Bonchev–Trinajstić information content (AvgIpc) is 2.53. The van der Waals surface area contributed by atoms with Crippen LogP contribution in [0.4, 0.5) is 5.69 Å². The Balaban J connectivity index is 1.73. The van der Waals surface area contributed by atoms with Crippen LogP contribution in [0.3, 0.4) is 0 Å². The normalized spacial score (nSPS) is 15.2. The molecule has 21 heavy (non-hydrogen) atoms. The van der Waals surface area contributed by atoms with E-state index in [0.717, 1.165) is 31.6 Å². The van der Waals surface area contributed by atoms with Crippen LogP contribution in [-0.2, 0) is 4.79 Å². The van der Waals surface area contributed by atoms with Crippen LogP contribution in [0.15, 0.2) is 24.3 Å². The number of nitriles is 1. The quantitative estimate of drug-likeness (QED) is 0.841. The highest BCUT2D eigenvalue weighted by molar-refractivity contribution is 8.00. The lowest BCUT2D eigenvalue weighted by atomic mass is 10.2. The second-order valence-electron chi connectivity index (χ2n) is 4.78. The van der Waals surface area contributed by atoms with Crippen molar-refractivity contribution in [2.45, 2.75) is 18.1 Å². The van der Waals surface area contributed by atoms with Gasteiger partial charge >= 0.3 is 0 Å². The van der Waals surface area contributed by atoms with Crippen molar-refractivity contribution in [3.05, 3.63) is 24.3 Å². The summed E-state index contributed by atoms with van der Waals surface area (Å²) >= 11 is 1.73. The van der Waals surface area contributed by atoms with E-state index in [9.17, 15) is 4.79 Å². The summed E-state index contributed by atoms with van der Waals surface area (Å²) < 4.78 is 5.16. The van der Waals surface area contributed by atoms with Crippen LogP contribution in [0.1, 0.15) is 12.8 Å². The van der Waals surface area contributed by atoms with Crippen LogP contribution in [0.25, 0.3) is 0 Å². The summed E-state index contributed by atoms with van der Waals surface area (Å²) in [6, 6.07) is 8.95. The molecule has 1 aromatic carbocycles. The zero-order chi connectivity index (χ0) is 14.9. The molecular formula is C15H19N3O2S. The van der Waals surface area contributed by atoms with E-state index in [-0.39, 0.29) is 12.5 Å². The summed E-state index contributed by atoms with van der Waals surface area (Å²) in [7, 11) is 0. The molecule has 0 aliphatic carbocycles. The van der Waals surface area contributed by atoms with Gasteiger partial charge in [-0.1, -0.05) is 0 Å². The van der Waals surface area contributed by atoms with Gasteiger partial charge in [0.2, 0.25) is 5.91 Å². The molecule has 112 valence electrons. The molecule has 0 radical (unpaired) electrons. The first kappa shape index (κ1) is 15.7. The van der Waals surface area contributed by atoms with Gasteiger partial charge in [-0.05, 0) is 50.2 Å². The molecule has 0 aromatic heterocycles. The van der Waals surface area contributed by atoms with Gasteiger partial charge in [0.05, 0.1) is 5.75 Å². The Hall–Kier alpha value is -1.71. The van der Waals surface area contributed by atoms with Gasteiger partial charge in [-0.2, -0.15) is 5.26 Å². The molecule has 1 fully saturated rings. The van der Waals surface area contributed by atoms with Gasteiger partial charge in [0.15, 0.2) is 6.61 Å². The third-order valence-corrected chi connectivity index (χ3v) is 4.55. The van der Waals surface area contributed by atoms with E-state index in [1.807, 2.05) is 6.07 Å². The smallest absolute Gasteiger partial charge is 0.234 e. The minimum Gasteiger partial charge on any atom is -0.479 e. The predicted molar refractivity (Wildman–Crippen MR) is 84.5 cm³/mol. The van der Waals surface area contributed by atoms with Crippen LogP contribution in [-0.4, -0.2) is 36.6 Å². The lowest BCUT2D eigenvalue weighted by molar-refractivity contribution is -0.113. The van der Waals surface area contributed by atoms with E-state index in [1.165, 1.54) is 0 Å². The van der Waals surface area contributed by atoms with Crippen molar-refractivity contribution in [3.8, 4) is 11.8 Å². The number of hydrogen-bond acceptors (Lipinski definition) is 5. The van der Waals surface area contributed by atoms with E-state index in [1.54, 1.807) is 36.0 Å². The Morgan fingerprint density at radius 3 is 2.76 bits per heavy atom. The van der Waals surface area contributed by atoms with E-state index in [2.05, 4.69) is 10.6 Å². The first-order chi connectivity index (χ1) is 10.3. The summed E-state index contributed by atoms with van der Waals surface area (Å²) in [6.07, 6.45) is 2.26. The Labute approximate surface area is 129 Å². The van der Waals surface area contributed by atoms with Gasteiger partial charge in [0, 0.05) is 10.9 Å². The maximum atomic E-state index is 11.9. The van der Waals surface area contributed by atoms with Gasteiger partial charge in [0.1, 0.15) is 11.8 Å². The maximum Gasteiger partial charge on any atom is 0.234 e. The zero-order valence-electron chi connectivity index (χ0n) is 11.8. The SMILES string of the molecule is N#CCOc1ccc(NC(=O)CSC2CCNCC2)cc1. The van der Waals surface area contributed by atoms with E-state index in [4.69, 9.17) is 10.00 Å². The number of hydrogen-bond donors (Lipinski definition) is 2. The topological polar surface area (TPSA) is 74.1 Å². The molecule has 5 nitrogen and oxygen atoms in total. The Morgan fingerprint density at radius 1 is 1.38 bits per heavy atom. The molecule has 1 amide bonds. The second-order valence-corrected chi connectivity index (χ2v) is 6.07. The molecule has 2 N–H and O–H groups in total. The van der Waals surface area contributed by atoms with Gasteiger partial charge < -0.3 is 15.4 Å². The summed E-state index contributed by atoms with van der Waals surface area (Å²) in [4.78, 5) is 11.9. The van der Waals surface area contributed by atoms with Crippen LogP contribution in [0.5, 0.6) is 5.75 Å². The molecular weight excluding hydrogens is 286 g/mol. The molecule has 0 bridgehead atoms. The molecule has 1 aliphatic rings. The lowest BCUT2D eigenvalue weighted by Gasteiger charge is -2.21. The number of nitrogens with zero attached hydrogens (tertiary/aromatic N) is 1. The van der Waals surface area contributed by atoms with Crippen molar-refractivity contribution in [1.82, 2.24) is 5.32 Å². The van der Waals surface area contributed by atoms with Crippen LogP contribution < -0.4 is 15.4 Å². The molecule has 0 saturated carbocycles. The Bertz CT molecular complexity index is 493. The maximum absolute atomic E-state index is 11.9. The highest BCUT2D eigenvalue weighted by Crippen LogP contribution is 2.21. The van der Waals surface area contributed by atoms with Gasteiger partial charge in [-0.15, -0.1) is 11.8 Å². The number of nitrogens with one attached hydrogen (secondary N) is 2. The first-order valence-electron chi connectivity index (χ1n) is 7.00. The standard InChI is InChI=1S/C15H19N3O2S/c16-7-10-20-13-3-1-12(2-4-13)18-15(19)11-21-14-5-8-17-9-6-14/h1-4,14,17H,5-6,8-11H2,(H,18,19). The number of benzene rings is 1. The van der Waals surface area contributed by atoms with Crippen molar-refractivity contribution >= 4 is 23.4 Å². The fraction of sp³-hybridized carbons (Fsp3) is 0.467. The number of amides is 1. The monoisotopic (exact) mass is 305 g/mol. The van der Waals surface area contributed by atoms with Crippen LogP contribution in [0, 0.1) is 11.3 Å². The second kappa shape index (κ2) is 8.55. The molecule has 1 heterocycles. The lowest BCUT2D eigenvalue weighted by Crippen LogP contribution is -2.30. The fourth-order valence-corrected chi connectivity index (χ4v) is 3.13. The molecule has 2 rings (SSSR count). The summed E-state index contributed by atoms with van der Waals surface area (Å²) in [5.41, 5.74) is 0.746. The molecule has 0 unspecified atom stereocenters. The number of anilines is 1. The van der Waals surface area contributed by atoms with Gasteiger partial charge in [0.25, 0.3) is 0 Å². The van der Waals surface area contributed by atoms with Crippen molar-refractivity contribution in [3.63, 3.8) is 0 Å². The molecule has 1 aliphatic heterocycles. The van der Waals surface area contributed by atoms with Crippen LogP contribution in [0.2, 0.25) is 0 Å². The number of ether oxygens (including phenoxy) is 1. The zero-order valence-corrected chi connectivity index (χ0v) is 12.6. The van der Waals surface area contributed by atoms with Crippen molar-refractivity contribution in [2.24, 2.45) is 0 Å². The third kappa shape index (κ3) is 5.66. The molecule has 6 heteroatoms. The highest BCUT2D eigenvalue weighted by Gasteiger charge is 2.14. The van der Waals surface area contributed by atoms with Crippen LogP contribution >= 0.6 is 11.8 Å². The molecule has 0 spiro atoms. The number of piperidine rings is 1. The van der Waals surface area contributed by atoms with E-state index >= 15 is 0 Å². The summed E-state index contributed by atoms with van der Waals surface area (Å²) in [5.74, 6) is 1.13. The van der Waals surface area contributed by atoms with Crippen molar-refractivity contribution < 1.29 is 9.53 Å². The summed E-state index contributed by atoms with van der Waals surface area (Å²) in [5, 5.41) is 15.2. The molecule has 0 atom stereocenters. The number of carbonyl (C=O) groups excluding carboxylic acids is 1. The van der Waals surface area contributed by atoms with Crippen molar-refractivity contribution in [2.75, 3.05) is 30.8 Å². The average molecular weight is 305 g/mol. The number of thioether (sulfide) groups is 1. The van der Waals surface area contributed by atoms with Gasteiger partial charge in [-0.3, -0.25) is 4.79 Å². The van der Waals surface area contributed by atoms with Gasteiger partial charge in [-0.25, -0.2) is 0 Å².